The number of nitrogens with zero attached hydrogens (tertiary/aromatic N) is 1. The molecule has 1 aliphatic heterocycles. The maximum Gasteiger partial charge on any atom is 0.175 e. The lowest BCUT2D eigenvalue weighted by Crippen LogP contribution is -2.15. The second-order valence-electron chi connectivity index (χ2n) is 5.32. The van der Waals surface area contributed by atoms with Crippen molar-refractivity contribution >= 4 is 5.82 Å². The minimum absolute atomic E-state index is 0.414. The Kier molecular flexibility index (Phi) is 3.26. The minimum atomic E-state index is 0.414. The van der Waals surface area contributed by atoms with E-state index in [0.29, 0.717) is 24.9 Å². The zero-order chi connectivity index (χ0) is 14.1. The van der Waals surface area contributed by atoms with Gasteiger partial charge in [-0.2, -0.15) is 0 Å². The highest BCUT2D eigenvalue weighted by atomic mass is 16.6. The molecule has 0 bridgehead atoms. The Bertz CT molecular complexity index is 620. The summed E-state index contributed by atoms with van der Waals surface area (Å²) in [5.41, 5.74) is 7.75. The molecule has 2 aromatic rings. The molecule has 0 spiro atoms. The van der Waals surface area contributed by atoms with Crippen molar-refractivity contribution in [3.05, 3.63) is 24.0 Å². The Morgan fingerprint density at radius 1 is 1.20 bits per heavy atom. The number of hydrogen-bond acceptors (Lipinski definition) is 5. The Morgan fingerprint density at radius 3 is 2.70 bits per heavy atom. The average Bonchev–Trinajstić information content (AvgIpc) is 2.78. The van der Waals surface area contributed by atoms with E-state index in [9.17, 15) is 0 Å². The lowest BCUT2D eigenvalue weighted by molar-refractivity contribution is 0.171. The number of nitrogen functional groups attached to an aromatic ring is 1. The standard InChI is InChI=1S/C15H18N2O3/c1-9(2)7-13-14(15(16)17-20-13)10-3-4-11-12(8-10)19-6-5-18-11/h3-4,8-9H,5-7H2,1-2H3,(H2,16,17). The summed E-state index contributed by atoms with van der Waals surface area (Å²) in [6.45, 7) is 5.41. The lowest BCUT2D eigenvalue weighted by Gasteiger charge is -2.18. The summed E-state index contributed by atoms with van der Waals surface area (Å²) in [6, 6.07) is 5.79. The van der Waals surface area contributed by atoms with Crippen LogP contribution in [-0.2, 0) is 6.42 Å². The predicted octanol–water partition coefficient (Wildman–Crippen LogP) is 2.89. The van der Waals surface area contributed by atoms with Gasteiger partial charge in [0.1, 0.15) is 19.0 Å². The summed E-state index contributed by atoms with van der Waals surface area (Å²) >= 11 is 0. The van der Waals surface area contributed by atoms with Crippen LogP contribution in [0.2, 0.25) is 0 Å². The fourth-order valence-electron chi connectivity index (χ4n) is 2.36. The van der Waals surface area contributed by atoms with Gasteiger partial charge in [0.2, 0.25) is 0 Å². The van der Waals surface area contributed by atoms with Crippen molar-refractivity contribution in [1.82, 2.24) is 5.16 Å². The first kappa shape index (κ1) is 12.8. The molecule has 2 N–H and O–H groups in total. The predicted molar refractivity (Wildman–Crippen MR) is 75.9 cm³/mol. The molecule has 0 atom stereocenters. The second kappa shape index (κ2) is 5.07. The summed E-state index contributed by atoms with van der Waals surface area (Å²) in [6.07, 6.45) is 0.800. The molecule has 0 saturated heterocycles. The van der Waals surface area contributed by atoms with Gasteiger partial charge < -0.3 is 19.7 Å². The lowest BCUT2D eigenvalue weighted by atomic mass is 10.00. The quantitative estimate of drug-likeness (QED) is 0.931. The highest BCUT2D eigenvalue weighted by molar-refractivity contribution is 5.77. The van der Waals surface area contributed by atoms with Crippen LogP contribution < -0.4 is 15.2 Å². The molecule has 1 aliphatic rings. The van der Waals surface area contributed by atoms with Crippen molar-refractivity contribution in [2.24, 2.45) is 5.92 Å². The van der Waals surface area contributed by atoms with Gasteiger partial charge in [-0.3, -0.25) is 0 Å². The SMILES string of the molecule is CC(C)Cc1onc(N)c1-c1ccc2c(c1)OCCO2. The van der Waals surface area contributed by atoms with Gasteiger partial charge in [0.05, 0.1) is 5.56 Å². The van der Waals surface area contributed by atoms with Gasteiger partial charge in [-0.25, -0.2) is 0 Å². The normalized spacial score (nSPS) is 13.8. The maximum absolute atomic E-state index is 5.95. The molecule has 3 rings (SSSR count). The molecular formula is C15H18N2O3. The monoisotopic (exact) mass is 274 g/mol. The Balaban J connectivity index is 2.02. The average molecular weight is 274 g/mol. The van der Waals surface area contributed by atoms with E-state index in [1.165, 1.54) is 0 Å². The Morgan fingerprint density at radius 2 is 1.95 bits per heavy atom. The molecule has 5 nitrogen and oxygen atoms in total. The first-order valence-corrected chi connectivity index (χ1v) is 6.79. The Hall–Kier alpha value is -2.17. The van der Waals surface area contributed by atoms with Crippen molar-refractivity contribution < 1.29 is 14.0 Å². The summed E-state index contributed by atoms with van der Waals surface area (Å²) < 4.78 is 16.5. The summed E-state index contributed by atoms with van der Waals surface area (Å²) in [5, 5.41) is 3.89. The zero-order valence-electron chi connectivity index (χ0n) is 11.7. The first-order valence-electron chi connectivity index (χ1n) is 6.79. The summed E-state index contributed by atoms with van der Waals surface area (Å²) in [7, 11) is 0. The van der Waals surface area contributed by atoms with Crippen LogP contribution in [0.1, 0.15) is 19.6 Å². The number of fused-ring (bicyclic) bond motifs is 1. The topological polar surface area (TPSA) is 70.5 Å². The molecule has 0 aliphatic carbocycles. The van der Waals surface area contributed by atoms with E-state index in [1.807, 2.05) is 18.2 Å². The van der Waals surface area contributed by atoms with Gasteiger partial charge in [0.15, 0.2) is 17.3 Å². The van der Waals surface area contributed by atoms with Gasteiger partial charge in [-0.1, -0.05) is 25.1 Å². The zero-order valence-corrected chi connectivity index (χ0v) is 11.7. The van der Waals surface area contributed by atoms with Crippen molar-refractivity contribution in [2.45, 2.75) is 20.3 Å². The Labute approximate surface area is 117 Å². The van der Waals surface area contributed by atoms with Crippen molar-refractivity contribution in [3.63, 3.8) is 0 Å². The van der Waals surface area contributed by atoms with Gasteiger partial charge in [-0.05, 0) is 23.6 Å². The van der Waals surface area contributed by atoms with Crippen molar-refractivity contribution in [1.29, 1.82) is 0 Å². The van der Waals surface area contributed by atoms with Gasteiger partial charge in [-0.15, -0.1) is 0 Å². The molecule has 2 heterocycles. The second-order valence-corrected chi connectivity index (χ2v) is 5.32. The highest BCUT2D eigenvalue weighted by Gasteiger charge is 2.19. The third-order valence-electron chi connectivity index (χ3n) is 3.21. The van der Waals surface area contributed by atoms with E-state index in [2.05, 4.69) is 19.0 Å². The van der Waals surface area contributed by atoms with Crippen LogP contribution >= 0.6 is 0 Å². The van der Waals surface area contributed by atoms with Crippen LogP contribution in [-0.4, -0.2) is 18.4 Å². The van der Waals surface area contributed by atoms with E-state index >= 15 is 0 Å². The van der Waals surface area contributed by atoms with Crippen LogP contribution in [0.4, 0.5) is 5.82 Å². The minimum Gasteiger partial charge on any atom is -0.486 e. The number of hydrogen-bond donors (Lipinski definition) is 1. The number of rotatable bonds is 3. The summed E-state index contributed by atoms with van der Waals surface area (Å²) in [5.74, 6) is 3.20. The molecular weight excluding hydrogens is 256 g/mol. The van der Waals surface area contributed by atoms with E-state index in [0.717, 1.165) is 34.8 Å². The van der Waals surface area contributed by atoms with Crippen LogP contribution in [0.15, 0.2) is 22.7 Å². The molecule has 0 saturated carbocycles. The molecule has 20 heavy (non-hydrogen) atoms. The van der Waals surface area contributed by atoms with Crippen LogP contribution in [0.3, 0.4) is 0 Å². The molecule has 5 heteroatoms. The fraction of sp³-hybridized carbons (Fsp3) is 0.400. The number of nitrogens with two attached hydrogens (primary N) is 1. The maximum atomic E-state index is 5.95. The number of benzene rings is 1. The largest absolute Gasteiger partial charge is 0.486 e. The van der Waals surface area contributed by atoms with E-state index in [4.69, 9.17) is 19.7 Å². The molecule has 106 valence electrons. The van der Waals surface area contributed by atoms with Gasteiger partial charge >= 0.3 is 0 Å². The van der Waals surface area contributed by atoms with E-state index in [1.54, 1.807) is 0 Å². The third-order valence-corrected chi connectivity index (χ3v) is 3.21. The molecule has 0 unspecified atom stereocenters. The van der Waals surface area contributed by atoms with Crippen LogP contribution in [0.5, 0.6) is 11.5 Å². The van der Waals surface area contributed by atoms with Crippen LogP contribution in [0.25, 0.3) is 11.1 Å². The number of anilines is 1. The van der Waals surface area contributed by atoms with Crippen LogP contribution in [0, 0.1) is 5.92 Å². The molecule has 1 aromatic heterocycles. The first-order chi connectivity index (χ1) is 9.65. The van der Waals surface area contributed by atoms with Crippen molar-refractivity contribution in [2.75, 3.05) is 18.9 Å². The molecule has 0 fully saturated rings. The number of aromatic nitrogens is 1. The number of ether oxygens (including phenoxy) is 2. The van der Waals surface area contributed by atoms with E-state index in [-0.39, 0.29) is 0 Å². The highest BCUT2D eigenvalue weighted by Crippen LogP contribution is 2.38. The van der Waals surface area contributed by atoms with Gasteiger partial charge in [0.25, 0.3) is 0 Å². The molecule has 0 amide bonds. The molecule has 1 aromatic carbocycles. The summed E-state index contributed by atoms with van der Waals surface area (Å²) in [4.78, 5) is 0. The van der Waals surface area contributed by atoms with Gasteiger partial charge in [0, 0.05) is 6.42 Å². The molecule has 0 radical (unpaired) electrons. The smallest absolute Gasteiger partial charge is 0.175 e. The third kappa shape index (κ3) is 2.31. The van der Waals surface area contributed by atoms with Crippen molar-refractivity contribution in [3.8, 4) is 22.6 Å². The van der Waals surface area contributed by atoms with E-state index < -0.39 is 0 Å². The fourth-order valence-corrected chi connectivity index (χ4v) is 2.36.